The largest absolute Gasteiger partial charge is 0.487 e. The lowest BCUT2D eigenvalue weighted by Gasteiger charge is -2.59. The molecule has 12 nitrogen and oxygen atoms in total. The molecule has 2 aliphatic heterocycles. The van der Waals surface area contributed by atoms with Gasteiger partial charge in [-0.25, -0.2) is 4.79 Å². The zero-order valence-electron chi connectivity index (χ0n) is 32.0. The number of hydrogen-bond donors (Lipinski definition) is 2. The van der Waals surface area contributed by atoms with Crippen LogP contribution in [0.2, 0.25) is 0 Å². The number of oxime groups is 1. The number of hydrogen-bond acceptors (Lipinski definition) is 11. The Kier molecular flexibility index (Phi) is 13.7. The number of nitrogens with zero attached hydrogens (tertiary/aromatic N) is 3. The first-order chi connectivity index (χ1) is 26.3. The van der Waals surface area contributed by atoms with Gasteiger partial charge >= 0.3 is 6.09 Å². The Morgan fingerprint density at radius 1 is 1.13 bits per heavy atom. The van der Waals surface area contributed by atoms with Crippen LogP contribution in [-0.2, 0) is 25.7 Å². The van der Waals surface area contributed by atoms with Gasteiger partial charge in [0.25, 0.3) is 0 Å². The molecule has 7 unspecified atom stereocenters. The average molecular weight is 748 g/mol. The van der Waals surface area contributed by atoms with Gasteiger partial charge in [-0.15, -0.1) is 6.58 Å². The number of benzene rings is 1. The summed E-state index contributed by atoms with van der Waals surface area (Å²) in [6, 6.07) is 11.1. The fourth-order valence-electron chi connectivity index (χ4n) is 8.84. The number of aliphatic hydroxyl groups is 2. The summed E-state index contributed by atoms with van der Waals surface area (Å²) in [5, 5.41) is 24.5. The highest BCUT2D eigenvalue weighted by Gasteiger charge is 2.65. The summed E-state index contributed by atoms with van der Waals surface area (Å²) in [6.07, 6.45) is 10.8. The van der Waals surface area contributed by atoms with E-state index in [1.54, 1.807) is 18.0 Å². The van der Waals surface area contributed by atoms with Gasteiger partial charge in [-0.2, -0.15) is 0 Å². The van der Waals surface area contributed by atoms with Crippen LogP contribution in [0.15, 0.2) is 65.9 Å². The number of pyridine rings is 1. The molecular formula is C42H57N3O9. The lowest BCUT2D eigenvalue weighted by Crippen LogP contribution is -2.69. The molecule has 2 aliphatic carbocycles. The topological polar surface area (TPSA) is 141 Å². The lowest BCUT2D eigenvalue weighted by molar-refractivity contribution is -0.253. The Morgan fingerprint density at radius 2 is 1.94 bits per heavy atom. The van der Waals surface area contributed by atoms with E-state index in [4.69, 9.17) is 33.7 Å². The molecule has 1 saturated carbocycles. The molecule has 3 heterocycles. The Morgan fingerprint density at radius 3 is 2.67 bits per heavy atom. The van der Waals surface area contributed by atoms with Crippen molar-refractivity contribution in [1.82, 2.24) is 9.88 Å². The van der Waals surface area contributed by atoms with Crippen molar-refractivity contribution in [2.75, 3.05) is 40.6 Å². The molecule has 294 valence electrons. The van der Waals surface area contributed by atoms with Crippen molar-refractivity contribution in [3.8, 4) is 11.5 Å². The molecule has 1 aromatic heterocycles. The highest BCUT2D eigenvalue weighted by atomic mass is 16.8. The molecule has 1 amide bonds. The lowest BCUT2D eigenvalue weighted by atomic mass is 9.55. The number of aromatic nitrogens is 1. The molecule has 1 aromatic carbocycles. The van der Waals surface area contributed by atoms with E-state index in [-0.39, 0.29) is 44.0 Å². The first-order valence-corrected chi connectivity index (χ1v) is 19.6. The predicted molar refractivity (Wildman–Crippen MR) is 203 cm³/mol. The van der Waals surface area contributed by atoms with E-state index in [0.29, 0.717) is 43.3 Å². The third kappa shape index (κ3) is 8.62. The van der Waals surface area contributed by atoms with Crippen LogP contribution in [0.1, 0.15) is 87.1 Å². The summed E-state index contributed by atoms with van der Waals surface area (Å²) in [7, 11) is 3.07. The summed E-state index contributed by atoms with van der Waals surface area (Å²) in [5.74, 6) is -0.388. The summed E-state index contributed by atoms with van der Waals surface area (Å²) < 4.78 is 31.6. The van der Waals surface area contributed by atoms with Crippen molar-refractivity contribution < 1.29 is 43.5 Å². The van der Waals surface area contributed by atoms with Crippen LogP contribution in [0.3, 0.4) is 0 Å². The molecule has 0 bridgehead atoms. The maximum atomic E-state index is 13.4. The number of aryl methyl sites for hydroxylation is 1. The molecule has 0 radical (unpaired) electrons. The minimum Gasteiger partial charge on any atom is -0.487 e. The molecule has 2 N–H and O–H groups in total. The zero-order valence-corrected chi connectivity index (χ0v) is 32.0. The van der Waals surface area contributed by atoms with Gasteiger partial charge in [0.2, 0.25) is 12.1 Å². The molecule has 54 heavy (non-hydrogen) atoms. The standard InChI is InChI=1S/C42H57N3O9/c1-5-22-52-42-37(45(3)41(48)49-4)26-35(44-54-38-17-8-11-23-50-38)33-24-29(14-6-9-20-46)32(16-7-10-21-47)39(40(33)42)34-25-31(18-19-36(34)53-42)51-27-30-15-12-13-28(2)43-30/h5,12-13,15,18-19,24-25,29,32,37-40,46-47H,1,6-11,14,16-17,20-23,26-27H2,2-4H3. The van der Waals surface area contributed by atoms with Gasteiger partial charge in [0.05, 0.1) is 37.6 Å². The summed E-state index contributed by atoms with van der Waals surface area (Å²) in [4.78, 5) is 25.7. The quantitative estimate of drug-likeness (QED) is 0.101. The minimum atomic E-state index is -1.35. The maximum Gasteiger partial charge on any atom is 0.409 e. The maximum absolute atomic E-state index is 13.4. The van der Waals surface area contributed by atoms with Crippen LogP contribution < -0.4 is 9.47 Å². The second kappa shape index (κ2) is 18.6. The number of carbonyl (C=O) groups excluding carboxylic acids is 1. The zero-order chi connectivity index (χ0) is 38.1. The second-order valence-corrected chi connectivity index (χ2v) is 14.8. The summed E-state index contributed by atoms with van der Waals surface area (Å²) in [6.45, 7) is 7.26. The first kappa shape index (κ1) is 39.7. The van der Waals surface area contributed by atoms with Crippen molar-refractivity contribution in [1.29, 1.82) is 0 Å². The van der Waals surface area contributed by atoms with E-state index < -0.39 is 30.1 Å². The number of ether oxygens (including phenoxy) is 5. The van der Waals surface area contributed by atoms with Gasteiger partial charge in [-0.3, -0.25) is 4.98 Å². The monoisotopic (exact) mass is 747 g/mol. The van der Waals surface area contributed by atoms with Gasteiger partial charge < -0.3 is 43.6 Å². The van der Waals surface area contributed by atoms with Crippen molar-refractivity contribution >= 4 is 11.8 Å². The third-order valence-corrected chi connectivity index (χ3v) is 11.3. The summed E-state index contributed by atoms with van der Waals surface area (Å²) >= 11 is 0. The highest BCUT2D eigenvalue weighted by molar-refractivity contribution is 6.02. The van der Waals surface area contributed by atoms with Gasteiger partial charge in [-0.05, 0) is 93.2 Å². The van der Waals surface area contributed by atoms with Crippen LogP contribution in [0.4, 0.5) is 4.79 Å². The Balaban J connectivity index is 1.52. The highest BCUT2D eigenvalue weighted by Crippen LogP contribution is 2.61. The Labute approximate surface area is 319 Å². The minimum absolute atomic E-state index is 0.0954. The molecule has 6 rings (SSSR count). The molecular weight excluding hydrogens is 690 g/mol. The molecule has 2 aromatic rings. The smallest absolute Gasteiger partial charge is 0.409 e. The van der Waals surface area contributed by atoms with E-state index in [2.05, 4.69) is 23.7 Å². The van der Waals surface area contributed by atoms with Gasteiger partial charge in [0, 0.05) is 50.3 Å². The van der Waals surface area contributed by atoms with Crippen LogP contribution in [0.5, 0.6) is 11.5 Å². The number of methoxy groups -OCH3 is 1. The van der Waals surface area contributed by atoms with Crippen molar-refractivity contribution in [2.24, 2.45) is 22.9 Å². The SMILES string of the molecule is C=CCOC12Oc3ccc(OCc4cccc(C)n4)cc3C3C(CCCCO)C(CCCCO)C=C(C(=NOC4CCCCO4)CC1N(C)C(=O)OC)C32. The Bertz CT molecular complexity index is 1640. The molecule has 4 aliphatic rings. The van der Waals surface area contributed by atoms with E-state index >= 15 is 0 Å². The number of unbranched alkanes of at least 4 members (excludes halogenated alkanes) is 2. The second-order valence-electron chi connectivity index (χ2n) is 14.8. The van der Waals surface area contributed by atoms with Gasteiger partial charge in [-0.1, -0.05) is 36.2 Å². The fraction of sp³-hybridized carbons (Fsp3) is 0.595. The molecule has 7 atom stereocenters. The number of likely N-dealkylation sites (N-methyl/N-ethyl adjacent to an activating group) is 1. The van der Waals surface area contributed by atoms with Crippen LogP contribution in [0, 0.1) is 24.7 Å². The third-order valence-electron chi connectivity index (χ3n) is 11.3. The average Bonchev–Trinajstić information content (AvgIpc) is 3.19. The number of fused-ring (bicyclic) bond motifs is 2. The number of rotatable bonds is 17. The summed E-state index contributed by atoms with van der Waals surface area (Å²) in [5.41, 5.74) is 4.41. The molecule has 2 fully saturated rings. The molecule has 0 spiro atoms. The van der Waals surface area contributed by atoms with Gasteiger partial charge in [0.15, 0.2) is 0 Å². The Hall–Kier alpha value is -3.97. The fourth-order valence-corrected chi connectivity index (χ4v) is 8.84. The van der Waals surface area contributed by atoms with Crippen LogP contribution in [-0.4, -0.2) is 90.6 Å². The van der Waals surface area contributed by atoms with Crippen LogP contribution >= 0.6 is 0 Å². The first-order valence-electron chi connectivity index (χ1n) is 19.6. The number of aliphatic hydroxyl groups excluding tert-OH is 2. The van der Waals surface area contributed by atoms with E-state index in [9.17, 15) is 15.0 Å². The molecule has 12 heteroatoms. The normalized spacial score (nSPS) is 27.9. The number of allylic oxidation sites excluding steroid dienone is 1. The van der Waals surface area contributed by atoms with E-state index in [1.807, 2.05) is 37.3 Å². The van der Waals surface area contributed by atoms with E-state index in [1.165, 1.54) is 7.11 Å². The van der Waals surface area contributed by atoms with Crippen molar-refractivity contribution in [3.63, 3.8) is 0 Å². The van der Waals surface area contributed by atoms with E-state index in [0.717, 1.165) is 67.5 Å². The number of amides is 1. The van der Waals surface area contributed by atoms with Crippen molar-refractivity contribution in [2.45, 2.75) is 102 Å². The predicted octanol–water partition coefficient (Wildman–Crippen LogP) is 6.83. The van der Waals surface area contributed by atoms with Gasteiger partial charge in [0.1, 0.15) is 24.1 Å². The van der Waals surface area contributed by atoms with Crippen molar-refractivity contribution in [3.05, 3.63) is 77.7 Å². The number of carbonyl (C=O) groups is 1. The molecule has 1 saturated heterocycles. The van der Waals surface area contributed by atoms with Crippen LogP contribution in [0.25, 0.3) is 0 Å².